The molecule has 1 aliphatic carbocycles. The van der Waals surface area contributed by atoms with Gasteiger partial charge >= 0.3 is 0 Å². The molecular weight excluding hydrogens is 172 g/mol. The van der Waals surface area contributed by atoms with Crippen molar-refractivity contribution in [2.24, 2.45) is 5.92 Å². The van der Waals surface area contributed by atoms with E-state index >= 15 is 0 Å². The average molecular weight is 194 g/mol. The number of likely N-dealkylation sites (tertiary alicyclic amines) is 1. The van der Waals surface area contributed by atoms with Crippen LogP contribution in [-0.2, 0) is 0 Å². The van der Waals surface area contributed by atoms with Crippen molar-refractivity contribution >= 4 is 5.84 Å². The van der Waals surface area contributed by atoms with E-state index in [1.165, 1.54) is 32.1 Å². The topological polar surface area (TPSA) is 27.1 Å². The number of nitrogens with zero attached hydrogens (tertiary/aromatic N) is 1. The van der Waals surface area contributed by atoms with Crippen molar-refractivity contribution in [3.8, 4) is 0 Å². The molecule has 2 rings (SSSR count). The van der Waals surface area contributed by atoms with E-state index in [-0.39, 0.29) is 0 Å². The van der Waals surface area contributed by atoms with Crippen LogP contribution in [0.4, 0.5) is 0 Å². The second kappa shape index (κ2) is 4.33. The van der Waals surface area contributed by atoms with Gasteiger partial charge in [0.25, 0.3) is 0 Å². The third-order valence-electron chi connectivity index (χ3n) is 3.84. The molecule has 1 aliphatic heterocycles. The van der Waals surface area contributed by atoms with Crippen LogP contribution in [0.1, 0.15) is 51.9 Å². The lowest BCUT2D eigenvalue weighted by molar-refractivity contribution is 0.250. The van der Waals surface area contributed by atoms with Gasteiger partial charge in [0.15, 0.2) is 0 Å². The predicted molar refractivity (Wildman–Crippen MR) is 59.7 cm³/mol. The Labute approximate surface area is 87.2 Å². The monoisotopic (exact) mass is 194 g/mol. The molecule has 0 spiro atoms. The third-order valence-corrected chi connectivity index (χ3v) is 3.84. The Morgan fingerprint density at radius 2 is 2.07 bits per heavy atom. The standard InChI is InChI=1S/C12H22N2/c1-2-5-12(13)14-9-8-10-6-3-4-7-11(10)14/h10-11,13H,2-9H2,1H3. The molecule has 2 unspecified atom stereocenters. The molecule has 14 heavy (non-hydrogen) atoms. The van der Waals surface area contributed by atoms with Gasteiger partial charge in [-0.15, -0.1) is 0 Å². The Hall–Kier alpha value is -0.530. The van der Waals surface area contributed by atoms with Crippen molar-refractivity contribution in [2.75, 3.05) is 6.54 Å². The van der Waals surface area contributed by atoms with Crippen LogP contribution in [0, 0.1) is 11.3 Å². The fourth-order valence-corrected chi connectivity index (χ4v) is 3.12. The van der Waals surface area contributed by atoms with Crippen molar-refractivity contribution in [3.63, 3.8) is 0 Å². The molecule has 1 heterocycles. The lowest BCUT2D eigenvalue weighted by atomic mass is 9.85. The van der Waals surface area contributed by atoms with E-state index in [1.54, 1.807) is 0 Å². The van der Waals surface area contributed by atoms with E-state index in [0.717, 1.165) is 37.2 Å². The molecule has 2 heteroatoms. The number of rotatable bonds is 2. The SMILES string of the molecule is CCCC(=N)N1CCC2CCCCC21. The molecule has 2 atom stereocenters. The van der Waals surface area contributed by atoms with E-state index in [4.69, 9.17) is 5.41 Å². The summed E-state index contributed by atoms with van der Waals surface area (Å²) in [6.45, 7) is 3.33. The smallest absolute Gasteiger partial charge is 0.0960 e. The molecule has 0 aromatic heterocycles. The van der Waals surface area contributed by atoms with Crippen LogP contribution >= 0.6 is 0 Å². The van der Waals surface area contributed by atoms with Crippen LogP contribution in [-0.4, -0.2) is 23.3 Å². The molecule has 1 N–H and O–H groups in total. The van der Waals surface area contributed by atoms with Gasteiger partial charge in [-0.1, -0.05) is 19.8 Å². The first-order valence-corrected chi connectivity index (χ1v) is 6.17. The Morgan fingerprint density at radius 1 is 1.29 bits per heavy atom. The zero-order valence-electron chi connectivity index (χ0n) is 9.26. The largest absolute Gasteiger partial charge is 0.357 e. The molecule has 0 aromatic rings. The van der Waals surface area contributed by atoms with Crippen LogP contribution in [0.15, 0.2) is 0 Å². The molecule has 80 valence electrons. The normalized spacial score (nSPS) is 31.6. The van der Waals surface area contributed by atoms with E-state index < -0.39 is 0 Å². The highest BCUT2D eigenvalue weighted by atomic mass is 15.2. The van der Waals surface area contributed by atoms with Gasteiger partial charge in [0.1, 0.15) is 0 Å². The second-order valence-electron chi connectivity index (χ2n) is 4.79. The van der Waals surface area contributed by atoms with E-state index in [9.17, 15) is 0 Å². The summed E-state index contributed by atoms with van der Waals surface area (Å²) in [6, 6.07) is 0.739. The summed E-state index contributed by atoms with van der Waals surface area (Å²) in [4.78, 5) is 2.40. The third kappa shape index (κ3) is 1.79. The Morgan fingerprint density at radius 3 is 2.86 bits per heavy atom. The summed E-state index contributed by atoms with van der Waals surface area (Å²) in [5, 5.41) is 8.03. The fourth-order valence-electron chi connectivity index (χ4n) is 3.12. The van der Waals surface area contributed by atoms with Crippen molar-refractivity contribution in [1.29, 1.82) is 5.41 Å². The molecule has 2 nitrogen and oxygen atoms in total. The number of amidine groups is 1. The number of nitrogens with one attached hydrogen (secondary N) is 1. The molecule has 2 aliphatic rings. The van der Waals surface area contributed by atoms with Crippen molar-refractivity contribution in [1.82, 2.24) is 4.90 Å². The summed E-state index contributed by atoms with van der Waals surface area (Å²) in [6.07, 6.45) is 9.01. The summed E-state index contributed by atoms with van der Waals surface area (Å²) in [7, 11) is 0. The van der Waals surface area contributed by atoms with Crippen molar-refractivity contribution in [3.05, 3.63) is 0 Å². The van der Waals surface area contributed by atoms with Gasteiger partial charge in [0, 0.05) is 19.0 Å². The average Bonchev–Trinajstić information content (AvgIpc) is 2.61. The lowest BCUT2D eigenvalue weighted by Crippen LogP contribution is -2.38. The molecule has 1 saturated heterocycles. The predicted octanol–water partition coefficient (Wildman–Crippen LogP) is 3.03. The molecule has 0 radical (unpaired) electrons. The quantitative estimate of drug-likeness (QED) is 0.531. The van der Waals surface area contributed by atoms with Crippen LogP contribution in [0.5, 0.6) is 0 Å². The highest BCUT2D eigenvalue weighted by Crippen LogP contribution is 2.36. The number of fused-ring (bicyclic) bond motifs is 1. The van der Waals surface area contributed by atoms with Gasteiger partial charge in [-0.25, -0.2) is 0 Å². The highest BCUT2D eigenvalue weighted by molar-refractivity contribution is 5.79. The number of hydrogen-bond donors (Lipinski definition) is 1. The van der Waals surface area contributed by atoms with Crippen LogP contribution < -0.4 is 0 Å². The first-order chi connectivity index (χ1) is 6.83. The van der Waals surface area contributed by atoms with E-state index in [1.807, 2.05) is 0 Å². The summed E-state index contributed by atoms with van der Waals surface area (Å²) in [5.74, 6) is 1.82. The zero-order valence-corrected chi connectivity index (χ0v) is 9.26. The molecular formula is C12H22N2. The van der Waals surface area contributed by atoms with Crippen molar-refractivity contribution < 1.29 is 0 Å². The maximum absolute atomic E-state index is 8.03. The maximum Gasteiger partial charge on any atom is 0.0960 e. The minimum Gasteiger partial charge on any atom is -0.357 e. The fraction of sp³-hybridized carbons (Fsp3) is 0.917. The van der Waals surface area contributed by atoms with Crippen LogP contribution in [0.3, 0.4) is 0 Å². The van der Waals surface area contributed by atoms with Crippen LogP contribution in [0.2, 0.25) is 0 Å². The molecule has 1 saturated carbocycles. The maximum atomic E-state index is 8.03. The van der Waals surface area contributed by atoms with Gasteiger partial charge in [0.2, 0.25) is 0 Å². The minimum absolute atomic E-state index is 0.739. The Kier molecular flexibility index (Phi) is 3.09. The molecule has 0 amide bonds. The molecule has 0 bridgehead atoms. The first-order valence-electron chi connectivity index (χ1n) is 6.17. The van der Waals surface area contributed by atoms with Crippen molar-refractivity contribution in [2.45, 2.75) is 57.9 Å². The second-order valence-corrected chi connectivity index (χ2v) is 4.79. The van der Waals surface area contributed by atoms with E-state index in [2.05, 4.69) is 11.8 Å². The summed E-state index contributed by atoms with van der Waals surface area (Å²) in [5.41, 5.74) is 0. The minimum atomic E-state index is 0.739. The highest BCUT2D eigenvalue weighted by Gasteiger charge is 2.36. The van der Waals surface area contributed by atoms with Crippen LogP contribution in [0.25, 0.3) is 0 Å². The summed E-state index contributed by atoms with van der Waals surface area (Å²) < 4.78 is 0. The first kappa shape index (κ1) is 10.0. The Balaban J connectivity index is 1.96. The summed E-state index contributed by atoms with van der Waals surface area (Å²) >= 11 is 0. The number of hydrogen-bond acceptors (Lipinski definition) is 1. The molecule has 0 aromatic carbocycles. The van der Waals surface area contributed by atoms with E-state index in [0.29, 0.717) is 0 Å². The van der Waals surface area contributed by atoms with Gasteiger partial charge < -0.3 is 4.90 Å². The van der Waals surface area contributed by atoms with Gasteiger partial charge in [-0.05, 0) is 31.6 Å². The van der Waals surface area contributed by atoms with Gasteiger partial charge in [0.05, 0.1) is 5.84 Å². The molecule has 2 fully saturated rings. The van der Waals surface area contributed by atoms with Gasteiger partial charge in [-0.3, -0.25) is 5.41 Å². The zero-order chi connectivity index (χ0) is 9.97. The van der Waals surface area contributed by atoms with Gasteiger partial charge in [-0.2, -0.15) is 0 Å². The Bertz CT molecular complexity index is 212. The lowest BCUT2D eigenvalue weighted by Gasteiger charge is -2.33.